The highest BCUT2D eigenvalue weighted by Crippen LogP contribution is 2.08. The number of rotatable bonds is 2. The lowest BCUT2D eigenvalue weighted by Gasteiger charge is -2.07. The van der Waals surface area contributed by atoms with Crippen molar-refractivity contribution in [2.24, 2.45) is 0 Å². The summed E-state index contributed by atoms with van der Waals surface area (Å²) in [5, 5.41) is 10.8. The van der Waals surface area contributed by atoms with Crippen LogP contribution in [-0.4, -0.2) is 15.5 Å². The van der Waals surface area contributed by atoms with Gasteiger partial charge in [0.05, 0.1) is 29.7 Å². The molecule has 1 heterocycles. The summed E-state index contributed by atoms with van der Waals surface area (Å²) in [7, 11) is 0. The molecule has 2 aromatic rings. The molecule has 82 valence electrons. The smallest absolute Gasteiger partial charge is 0.261 e. The topological polar surface area (TPSA) is 75.0 Å². The number of aliphatic carboxylic acids is 1. The molecule has 1 aromatic heterocycles. The van der Waals surface area contributed by atoms with Gasteiger partial charge in [0.15, 0.2) is 0 Å². The van der Waals surface area contributed by atoms with Crippen LogP contribution in [0.1, 0.15) is 5.56 Å². The molecule has 16 heavy (non-hydrogen) atoms. The first-order chi connectivity index (χ1) is 7.58. The van der Waals surface area contributed by atoms with E-state index in [2.05, 4.69) is 4.98 Å². The van der Waals surface area contributed by atoms with E-state index in [9.17, 15) is 14.7 Å². The third-order valence-electron chi connectivity index (χ3n) is 2.28. The van der Waals surface area contributed by atoms with Gasteiger partial charge in [0.1, 0.15) is 0 Å². The average molecular weight is 217 g/mol. The molecule has 2 rings (SSSR count). The number of hydrogen-bond acceptors (Lipinski definition) is 4. The first-order valence-corrected chi connectivity index (χ1v) is 4.73. The standard InChI is InChI=1S/C11H10N2O3/c1-7-2-3-9-8(4-7)11(16)13(6-12-9)5-10(14)15/h2-4,6H,5H2,1H3,(H,14,15)/p-1. The summed E-state index contributed by atoms with van der Waals surface area (Å²) in [6.07, 6.45) is 1.22. The van der Waals surface area contributed by atoms with Crippen molar-refractivity contribution in [2.75, 3.05) is 0 Å². The van der Waals surface area contributed by atoms with E-state index in [0.717, 1.165) is 10.1 Å². The van der Waals surface area contributed by atoms with Crippen LogP contribution in [0.15, 0.2) is 29.3 Å². The minimum Gasteiger partial charge on any atom is -0.548 e. The monoisotopic (exact) mass is 217 g/mol. The Hall–Kier alpha value is -2.17. The largest absolute Gasteiger partial charge is 0.548 e. The van der Waals surface area contributed by atoms with Gasteiger partial charge >= 0.3 is 0 Å². The number of fused-ring (bicyclic) bond motifs is 1. The quantitative estimate of drug-likeness (QED) is 0.676. The van der Waals surface area contributed by atoms with E-state index in [1.165, 1.54) is 6.33 Å². The highest BCUT2D eigenvalue weighted by Gasteiger charge is 2.03. The number of aryl methyl sites for hydroxylation is 1. The van der Waals surface area contributed by atoms with Crippen LogP contribution < -0.4 is 10.7 Å². The molecule has 0 saturated carbocycles. The molecule has 0 amide bonds. The lowest BCUT2D eigenvalue weighted by Crippen LogP contribution is -2.32. The Morgan fingerprint density at radius 2 is 2.25 bits per heavy atom. The van der Waals surface area contributed by atoms with Gasteiger partial charge in [-0.2, -0.15) is 0 Å². The lowest BCUT2D eigenvalue weighted by atomic mass is 10.2. The summed E-state index contributed by atoms with van der Waals surface area (Å²) in [4.78, 5) is 26.3. The minimum atomic E-state index is -1.31. The Kier molecular flexibility index (Phi) is 2.44. The fraction of sp³-hybridized carbons (Fsp3) is 0.182. The predicted molar refractivity (Wildman–Crippen MR) is 55.7 cm³/mol. The zero-order chi connectivity index (χ0) is 11.7. The molecule has 1 aromatic carbocycles. The average Bonchev–Trinajstić information content (AvgIpc) is 2.22. The number of hydrogen-bond donors (Lipinski definition) is 0. The first kappa shape index (κ1) is 10.4. The second-order valence-corrected chi connectivity index (χ2v) is 3.57. The van der Waals surface area contributed by atoms with Gasteiger partial charge in [-0.15, -0.1) is 0 Å². The van der Waals surface area contributed by atoms with Crippen molar-refractivity contribution >= 4 is 16.9 Å². The van der Waals surface area contributed by atoms with Crippen molar-refractivity contribution in [3.63, 3.8) is 0 Å². The molecule has 0 N–H and O–H groups in total. The number of carboxylic acids is 1. The van der Waals surface area contributed by atoms with Gasteiger partial charge in [-0.1, -0.05) is 11.6 Å². The van der Waals surface area contributed by atoms with Crippen LogP contribution in [0.3, 0.4) is 0 Å². The molecule has 0 spiro atoms. The number of benzene rings is 1. The molecule has 0 aliphatic rings. The first-order valence-electron chi connectivity index (χ1n) is 4.73. The Balaban J connectivity index is 2.68. The van der Waals surface area contributed by atoms with Crippen molar-refractivity contribution in [1.82, 2.24) is 9.55 Å². The van der Waals surface area contributed by atoms with Gasteiger partial charge in [0, 0.05) is 0 Å². The maximum absolute atomic E-state index is 11.8. The summed E-state index contributed by atoms with van der Waals surface area (Å²) in [6.45, 7) is 1.38. The molecule has 0 saturated heterocycles. The molecule has 5 nitrogen and oxygen atoms in total. The van der Waals surface area contributed by atoms with E-state index in [4.69, 9.17) is 0 Å². The van der Waals surface area contributed by atoms with Crippen molar-refractivity contribution in [1.29, 1.82) is 0 Å². The van der Waals surface area contributed by atoms with Crippen molar-refractivity contribution in [2.45, 2.75) is 13.5 Å². The molecular formula is C11H9N2O3-. The molecule has 0 unspecified atom stereocenters. The van der Waals surface area contributed by atoms with E-state index in [1.807, 2.05) is 13.0 Å². The number of carbonyl (C=O) groups excluding carboxylic acids is 1. The number of carbonyl (C=O) groups is 1. The Morgan fingerprint density at radius 3 is 2.94 bits per heavy atom. The van der Waals surface area contributed by atoms with E-state index in [1.54, 1.807) is 12.1 Å². The summed E-state index contributed by atoms with van der Waals surface area (Å²) < 4.78 is 1.02. The SMILES string of the molecule is Cc1ccc2ncn(CC(=O)[O-])c(=O)c2c1. The van der Waals surface area contributed by atoms with Gasteiger partial charge in [0.25, 0.3) is 5.56 Å². The maximum Gasteiger partial charge on any atom is 0.261 e. The molecule has 0 bridgehead atoms. The predicted octanol–water partition coefficient (Wildman–Crippen LogP) is -0.545. The van der Waals surface area contributed by atoms with E-state index >= 15 is 0 Å². The van der Waals surface area contributed by atoms with Crippen LogP contribution in [-0.2, 0) is 11.3 Å². The summed E-state index contributed by atoms with van der Waals surface area (Å²) in [5.74, 6) is -1.31. The molecule has 0 fully saturated rings. The number of nitrogens with zero attached hydrogens (tertiary/aromatic N) is 2. The summed E-state index contributed by atoms with van der Waals surface area (Å²) in [5.41, 5.74) is 1.13. The van der Waals surface area contributed by atoms with E-state index in [-0.39, 0.29) is 5.56 Å². The van der Waals surface area contributed by atoms with Gasteiger partial charge < -0.3 is 9.90 Å². The molecule has 5 heteroatoms. The highest BCUT2D eigenvalue weighted by molar-refractivity contribution is 5.78. The van der Waals surface area contributed by atoms with Crippen LogP contribution in [0.5, 0.6) is 0 Å². The Morgan fingerprint density at radius 1 is 1.50 bits per heavy atom. The number of aromatic nitrogens is 2. The third kappa shape index (κ3) is 1.79. The summed E-state index contributed by atoms with van der Waals surface area (Å²) in [6, 6.07) is 5.27. The molecule has 0 atom stereocenters. The van der Waals surface area contributed by atoms with Gasteiger partial charge in [-0.05, 0) is 19.1 Å². The lowest BCUT2D eigenvalue weighted by molar-refractivity contribution is -0.306. The normalized spacial score (nSPS) is 10.6. The van der Waals surface area contributed by atoms with E-state index in [0.29, 0.717) is 10.9 Å². The van der Waals surface area contributed by atoms with E-state index < -0.39 is 12.5 Å². The summed E-state index contributed by atoms with van der Waals surface area (Å²) >= 11 is 0. The Bertz CT molecular complexity index is 616. The van der Waals surface area contributed by atoms with Crippen LogP contribution in [0.25, 0.3) is 10.9 Å². The van der Waals surface area contributed by atoms with Crippen molar-refractivity contribution in [3.05, 3.63) is 40.4 Å². The molecule has 0 aliphatic heterocycles. The third-order valence-corrected chi connectivity index (χ3v) is 2.28. The molecule has 0 aliphatic carbocycles. The fourth-order valence-electron chi connectivity index (χ4n) is 1.52. The Labute approximate surface area is 91.0 Å². The van der Waals surface area contributed by atoms with Crippen molar-refractivity contribution in [3.8, 4) is 0 Å². The number of carboxylic acid groups (broad SMARTS) is 1. The van der Waals surface area contributed by atoms with Gasteiger partial charge in [-0.3, -0.25) is 9.36 Å². The second kappa shape index (κ2) is 3.77. The maximum atomic E-state index is 11.8. The second-order valence-electron chi connectivity index (χ2n) is 3.57. The minimum absolute atomic E-state index is 0.363. The van der Waals surface area contributed by atoms with Gasteiger partial charge in [0.2, 0.25) is 0 Å². The van der Waals surface area contributed by atoms with Crippen LogP contribution in [0, 0.1) is 6.92 Å². The van der Waals surface area contributed by atoms with Crippen LogP contribution in [0.4, 0.5) is 0 Å². The zero-order valence-electron chi connectivity index (χ0n) is 8.64. The van der Waals surface area contributed by atoms with Crippen molar-refractivity contribution < 1.29 is 9.90 Å². The zero-order valence-corrected chi connectivity index (χ0v) is 8.64. The molecular weight excluding hydrogens is 208 g/mol. The fourth-order valence-corrected chi connectivity index (χ4v) is 1.52. The van der Waals surface area contributed by atoms with Gasteiger partial charge in [-0.25, -0.2) is 4.98 Å². The molecule has 0 radical (unpaired) electrons. The highest BCUT2D eigenvalue weighted by atomic mass is 16.4. The van der Waals surface area contributed by atoms with Crippen LogP contribution in [0.2, 0.25) is 0 Å². The van der Waals surface area contributed by atoms with Crippen LogP contribution >= 0.6 is 0 Å².